The number of carbonyl (C=O) groups is 1. The van der Waals surface area contributed by atoms with Gasteiger partial charge in [-0.25, -0.2) is 0 Å². The Labute approximate surface area is 130 Å². The third-order valence-corrected chi connectivity index (χ3v) is 4.54. The van der Waals surface area contributed by atoms with Crippen molar-refractivity contribution in [3.8, 4) is 0 Å². The van der Waals surface area contributed by atoms with E-state index in [2.05, 4.69) is 53.8 Å². The Morgan fingerprint density at radius 2 is 1.73 bits per heavy atom. The summed E-state index contributed by atoms with van der Waals surface area (Å²) in [5, 5.41) is 3.05. The van der Waals surface area contributed by atoms with E-state index < -0.39 is 0 Å². The summed E-state index contributed by atoms with van der Waals surface area (Å²) in [6, 6.07) is 19.4. The molecular weight excluding hydrogens is 270 g/mol. The monoisotopic (exact) mass is 289 g/mol. The molecule has 0 aliphatic heterocycles. The smallest absolute Gasteiger partial charge is 0.244 e. The van der Waals surface area contributed by atoms with Crippen molar-refractivity contribution < 1.29 is 4.79 Å². The lowest BCUT2D eigenvalue weighted by atomic mass is 9.93. The van der Waals surface area contributed by atoms with Gasteiger partial charge in [-0.3, -0.25) is 4.79 Å². The zero-order valence-corrected chi connectivity index (χ0v) is 12.5. The highest BCUT2D eigenvalue weighted by Gasteiger charge is 2.28. The van der Waals surface area contributed by atoms with Crippen molar-refractivity contribution in [3.05, 3.63) is 77.4 Å². The van der Waals surface area contributed by atoms with E-state index in [4.69, 9.17) is 0 Å². The van der Waals surface area contributed by atoms with Crippen LogP contribution in [0.3, 0.4) is 0 Å². The van der Waals surface area contributed by atoms with Gasteiger partial charge in [0.25, 0.3) is 0 Å². The molecule has 1 fully saturated rings. The fourth-order valence-electron chi connectivity index (χ4n) is 3.28. The van der Waals surface area contributed by atoms with Crippen molar-refractivity contribution in [3.63, 3.8) is 0 Å². The minimum absolute atomic E-state index is 0.0565. The van der Waals surface area contributed by atoms with E-state index in [-0.39, 0.29) is 5.91 Å². The third-order valence-electron chi connectivity index (χ3n) is 4.54. The van der Waals surface area contributed by atoms with Crippen molar-refractivity contribution in [1.29, 1.82) is 0 Å². The maximum Gasteiger partial charge on any atom is 0.244 e. The van der Waals surface area contributed by atoms with E-state index in [0.717, 1.165) is 24.8 Å². The van der Waals surface area contributed by atoms with Gasteiger partial charge in [-0.15, -0.1) is 0 Å². The van der Waals surface area contributed by atoms with E-state index in [1.165, 1.54) is 16.7 Å². The minimum atomic E-state index is 0.0565. The van der Waals surface area contributed by atoms with Gasteiger partial charge < -0.3 is 5.32 Å². The normalized spacial score (nSPS) is 21.6. The van der Waals surface area contributed by atoms with Crippen LogP contribution in [0.5, 0.6) is 0 Å². The Morgan fingerprint density at radius 1 is 1.00 bits per heavy atom. The molecular formula is C20H19NO. The molecule has 0 saturated heterocycles. The number of allylic oxidation sites excluding steroid dienone is 1. The fraction of sp³-hybridized carbons (Fsp3) is 0.250. The summed E-state index contributed by atoms with van der Waals surface area (Å²) in [4.78, 5) is 12.1. The van der Waals surface area contributed by atoms with Crippen LogP contribution in [0.25, 0.3) is 5.57 Å². The molecule has 2 heteroatoms. The predicted molar refractivity (Wildman–Crippen MR) is 88.5 cm³/mol. The van der Waals surface area contributed by atoms with Gasteiger partial charge in [0.15, 0.2) is 0 Å². The van der Waals surface area contributed by atoms with Crippen molar-refractivity contribution in [1.82, 2.24) is 5.32 Å². The molecule has 0 spiro atoms. The number of rotatable bonds is 3. The summed E-state index contributed by atoms with van der Waals surface area (Å²) in [7, 11) is 0. The second-order valence-corrected chi connectivity index (χ2v) is 6.21. The molecule has 1 atom stereocenters. The quantitative estimate of drug-likeness (QED) is 0.854. The van der Waals surface area contributed by atoms with Gasteiger partial charge in [0, 0.05) is 18.0 Å². The van der Waals surface area contributed by atoms with Crippen molar-refractivity contribution >= 4 is 11.5 Å². The van der Waals surface area contributed by atoms with Gasteiger partial charge >= 0.3 is 0 Å². The number of hydrogen-bond acceptors (Lipinski definition) is 1. The molecule has 0 radical (unpaired) electrons. The molecule has 2 nitrogen and oxygen atoms in total. The molecule has 2 aromatic carbocycles. The lowest BCUT2D eigenvalue weighted by Gasteiger charge is -2.11. The average Bonchev–Trinajstić information content (AvgIpc) is 3.29. The first-order valence-corrected chi connectivity index (χ1v) is 7.96. The number of carbonyl (C=O) groups excluding carboxylic acids is 1. The zero-order chi connectivity index (χ0) is 14.9. The first-order chi connectivity index (χ1) is 10.8. The zero-order valence-electron chi connectivity index (χ0n) is 12.5. The van der Waals surface area contributed by atoms with Crippen molar-refractivity contribution in [2.75, 3.05) is 0 Å². The molecule has 1 amide bonds. The number of nitrogens with one attached hydrogen (secondary N) is 1. The number of hydrogen-bond donors (Lipinski definition) is 1. The summed E-state index contributed by atoms with van der Waals surface area (Å²) in [5.41, 5.74) is 5.03. The summed E-state index contributed by atoms with van der Waals surface area (Å²) >= 11 is 0. The van der Waals surface area contributed by atoms with E-state index in [1.807, 2.05) is 6.07 Å². The van der Waals surface area contributed by atoms with Gasteiger partial charge in [0.05, 0.1) is 0 Å². The first-order valence-electron chi connectivity index (χ1n) is 7.96. The van der Waals surface area contributed by atoms with Crippen LogP contribution in [0.15, 0.2) is 60.7 Å². The highest BCUT2D eigenvalue weighted by atomic mass is 16.1. The van der Waals surface area contributed by atoms with Gasteiger partial charge in [-0.1, -0.05) is 54.6 Å². The Hall–Kier alpha value is -2.35. The second-order valence-electron chi connectivity index (χ2n) is 6.21. The Bertz CT molecular complexity index is 728. The summed E-state index contributed by atoms with van der Waals surface area (Å²) in [6.07, 6.45) is 4.96. The predicted octanol–water partition coefficient (Wildman–Crippen LogP) is 3.88. The molecule has 4 rings (SSSR count). The Kier molecular flexibility index (Phi) is 3.30. The number of amides is 1. The van der Waals surface area contributed by atoms with E-state index in [0.29, 0.717) is 12.0 Å². The van der Waals surface area contributed by atoms with Crippen LogP contribution < -0.4 is 5.32 Å². The average molecular weight is 289 g/mol. The van der Waals surface area contributed by atoms with Crippen LogP contribution in [-0.2, 0) is 4.79 Å². The van der Waals surface area contributed by atoms with Crippen LogP contribution in [-0.4, -0.2) is 11.9 Å². The lowest BCUT2D eigenvalue weighted by Crippen LogP contribution is -2.23. The van der Waals surface area contributed by atoms with Crippen LogP contribution in [0, 0.1) is 0 Å². The highest BCUT2D eigenvalue weighted by Crippen LogP contribution is 2.44. The van der Waals surface area contributed by atoms with Gasteiger partial charge in [0.1, 0.15) is 0 Å². The van der Waals surface area contributed by atoms with Crippen LogP contribution in [0.4, 0.5) is 0 Å². The number of fused-ring (bicyclic) bond motifs is 1. The maximum absolute atomic E-state index is 12.1. The van der Waals surface area contributed by atoms with E-state index in [1.54, 1.807) is 6.08 Å². The summed E-state index contributed by atoms with van der Waals surface area (Å²) in [5.74, 6) is 0.415. The molecule has 0 aromatic heterocycles. The molecule has 1 N–H and O–H groups in total. The summed E-state index contributed by atoms with van der Waals surface area (Å²) < 4.78 is 0. The topological polar surface area (TPSA) is 29.1 Å². The lowest BCUT2D eigenvalue weighted by molar-refractivity contribution is -0.116. The van der Waals surface area contributed by atoms with E-state index in [9.17, 15) is 4.79 Å². The highest BCUT2D eigenvalue weighted by molar-refractivity contribution is 5.97. The molecule has 22 heavy (non-hydrogen) atoms. The molecule has 110 valence electrons. The maximum atomic E-state index is 12.1. The van der Waals surface area contributed by atoms with Crippen LogP contribution in [0.1, 0.15) is 41.9 Å². The van der Waals surface area contributed by atoms with Crippen molar-refractivity contribution in [2.45, 2.75) is 31.2 Å². The molecule has 1 unspecified atom stereocenters. The first kappa shape index (κ1) is 13.3. The SMILES string of the molecule is O=C(C=C1CC(c2ccccc2)c2ccccc21)NC1CC1. The molecule has 0 heterocycles. The molecule has 2 aliphatic rings. The fourth-order valence-corrected chi connectivity index (χ4v) is 3.28. The summed E-state index contributed by atoms with van der Waals surface area (Å²) in [6.45, 7) is 0. The van der Waals surface area contributed by atoms with Crippen LogP contribution >= 0.6 is 0 Å². The molecule has 1 saturated carbocycles. The standard InChI is InChI=1S/C20H19NO/c22-20(21-16-10-11-16)13-15-12-19(14-6-2-1-3-7-14)18-9-5-4-8-17(15)18/h1-9,13,16,19H,10-12H2,(H,21,22). The van der Waals surface area contributed by atoms with Crippen molar-refractivity contribution in [2.24, 2.45) is 0 Å². The Morgan fingerprint density at radius 3 is 2.50 bits per heavy atom. The van der Waals surface area contributed by atoms with Gasteiger partial charge in [-0.2, -0.15) is 0 Å². The Balaban J connectivity index is 1.67. The second kappa shape index (κ2) is 5.45. The van der Waals surface area contributed by atoms with Gasteiger partial charge in [0.2, 0.25) is 5.91 Å². The molecule has 2 aliphatic carbocycles. The van der Waals surface area contributed by atoms with Gasteiger partial charge in [-0.05, 0) is 41.5 Å². The third kappa shape index (κ3) is 2.57. The van der Waals surface area contributed by atoms with E-state index >= 15 is 0 Å². The largest absolute Gasteiger partial charge is 0.350 e. The molecule has 2 aromatic rings. The minimum Gasteiger partial charge on any atom is -0.350 e. The number of benzene rings is 2. The van der Waals surface area contributed by atoms with Crippen LogP contribution in [0.2, 0.25) is 0 Å². The molecule has 0 bridgehead atoms.